The number of benzene rings is 1. The smallest absolute Gasteiger partial charge is 0.254 e. The van der Waals surface area contributed by atoms with E-state index < -0.39 is 10.0 Å². The molecule has 0 radical (unpaired) electrons. The van der Waals surface area contributed by atoms with Gasteiger partial charge in [0.2, 0.25) is 10.0 Å². The number of aromatic nitrogens is 1. The molecule has 130 valence electrons. The average molecular weight is 350 g/mol. The van der Waals surface area contributed by atoms with Crippen LogP contribution in [0.5, 0.6) is 5.75 Å². The lowest BCUT2D eigenvalue weighted by molar-refractivity contribution is 0.411. The molecule has 0 amide bonds. The molecular formula is C17H22N2O4S. The van der Waals surface area contributed by atoms with E-state index in [4.69, 9.17) is 4.74 Å². The second-order valence-corrected chi connectivity index (χ2v) is 7.48. The van der Waals surface area contributed by atoms with Crippen LogP contribution in [-0.4, -0.2) is 26.6 Å². The van der Waals surface area contributed by atoms with E-state index >= 15 is 0 Å². The minimum atomic E-state index is -3.45. The predicted octanol–water partition coefficient (Wildman–Crippen LogP) is 1.59. The highest BCUT2D eigenvalue weighted by Crippen LogP contribution is 2.09. The van der Waals surface area contributed by atoms with Gasteiger partial charge in [0.1, 0.15) is 5.75 Å². The van der Waals surface area contributed by atoms with Gasteiger partial charge in [-0.1, -0.05) is 29.8 Å². The number of hydrogen-bond donors (Lipinski definition) is 1. The molecule has 0 spiro atoms. The maximum absolute atomic E-state index is 12.2. The lowest BCUT2D eigenvalue weighted by Crippen LogP contribution is -2.32. The first kappa shape index (κ1) is 18.2. The van der Waals surface area contributed by atoms with Gasteiger partial charge in [0, 0.05) is 24.8 Å². The first-order valence-corrected chi connectivity index (χ1v) is 9.24. The summed E-state index contributed by atoms with van der Waals surface area (Å²) in [6.07, 6.45) is 0. The molecule has 7 heteroatoms. The standard InChI is InChI=1S/C17H22N2O4S/c1-13-5-4-6-15(9-13)12-24(21,22)18-7-8-19-14(2)10-16(23-3)11-17(19)20/h4-6,9-11,18H,7-8,12H2,1-3H3. The van der Waals surface area contributed by atoms with Crippen LogP contribution in [0.2, 0.25) is 0 Å². The van der Waals surface area contributed by atoms with Gasteiger partial charge in [-0.3, -0.25) is 4.79 Å². The highest BCUT2D eigenvalue weighted by molar-refractivity contribution is 7.88. The number of methoxy groups -OCH3 is 1. The van der Waals surface area contributed by atoms with Crippen LogP contribution in [0.25, 0.3) is 0 Å². The van der Waals surface area contributed by atoms with Gasteiger partial charge in [0.25, 0.3) is 5.56 Å². The number of rotatable bonds is 7. The Kier molecular flexibility index (Phi) is 5.80. The quantitative estimate of drug-likeness (QED) is 0.823. The molecule has 0 aliphatic carbocycles. The minimum Gasteiger partial charge on any atom is -0.496 e. The molecule has 6 nitrogen and oxygen atoms in total. The van der Waals surface area contributed by atoms with Gasteiger partial charge in [-0.05, 0) is 25.5 Å². The fraction of sp³-hybridized carbons (Fsp3) is 0.353. The maximum Gasteiger partial charge on any atom is 0.254 e. The fourth-order valence-corrected chi connectivity index (χ4v) is 3.61. The molecule has 2 aromatic rings. The Morgan fingerprint density at radius 1 is 1.17 bits per heavy atom. The Morgan fingerprint density at radius 3 is 2.54 bits per heavy atom. The summed E-state index contributed by atoms with van der Waals surface area (Å²) in [5.74, 6) is 0.416. The highest BCUT2D eigenvalue weighted by atomic mass is 32.2. The van der Waals surface area contributed by atoms with Crippen LogP contribution >= 0.6 is 0 Å². The number of nitrogens with one attached hydrogen (secondary N) is 1. The monoisotopic (exact) mass is 350 g/mol. The van der Waals surface area contributed by atoms with Crippen molar-refractivity contribution < 1.29 is 13.2 Å². The summed E-state index contributed by atoms with van der Waals surface area (Å²) >= 11 is 0. The van der Waals surface area contributed by atoms with Crippen molar-refractivity contribution in [3.8, 4) is 5.75 Å². The van der Waals surface area contributed by atoms with Crippen LogP contribution in [-0.2, 0) is 22.3 Å². The van der Waals surface area contributed by atoms with E-state index in [-0.39, 0.29) is 24.4 Å². The van der Waals surface area contributed by atoms with Crippen molar-refractivity contribution in [3.63, 3.8) is 0 Å². The van der Waals surface area contributed by atoms with E-state index in [1.54, 1.807) is 19.1 Å². The third kappa shape index (κ3) is 4.94. The molecule has 0 unspecified atom stereocenters. The Morgan fingerprint density at radius 2 is 1.92 bits per heavy atom. The molecule has 1 aromatic carbocycles. The Labute approximate surface area is 142 Å². The Balaban J connectivity index is 2.00. The number of sulfonamides is 1. The molecule has 24 heavy (non-hydrogen) atoms. The second-order valence-electron chi connectivity index (χ2n) is 5.67. The van der Waals surface area contributed by atoms with Crippen molar-refractivity contribution >= 4 is 10.0 Å². The molecule has 0 aliphatic rings. The molecule has 2 rings (SSSR count). The fourth-order valence-electron chi connectivity index (χ4n) is 2.49. The van der Waals surface area contributed by atoms with Gasteiger partial charge in [-0.25, -0.2) is 13.1 Å². The van der Waals surface area contributed by atoms with E-state index in [1.165, 1.54) is 17.7 Å². The summed E-state index contributed by atoms with van der Waals surface area (Å²) in [7, 11) is -1.95. The predicted molar refractivity (Wildman–Crippen MR) is 93.8 cm³/mol. The number of ether oxygens (including phenoxy) is 1. The van der Waals surface area contributed by atoms with Gasteiger partial charge in [-0.15, -0.1) is 0 Å². The molecule has 1 heterocycles. The molecule has 1 N–H and O–H groups in total. The summed E-state index contributed by atoms with van der Waals surface area (Å²) in [5, 5.41) is 0. The van der Waals surface area contributed by atoms with Crippen molar-refractivity contribution in [3.05, 3.63) is 63.6 Å². The number of nitrogens with zero attached hydrogens (tertiary/aromatic N) is 1. The van der Waals surface area contributed by atoms with Crippen LogP contribution in [0.3, 0.4) is 0 Å². The zero-order valence-electron chi connectivity index (χ0n) is 14.1. The zero-order valence-corrected chi connectivity index (χ0v) is 14.9. The largest absolute Gasteiger partial charge is 0.496 e. The molecule has 0 atom stereocenters. The van der Waals surface area contributed by atoms with Crippen LogP contribution < -0.4 is 15.0 Å². The van der Waals surface area contributed by atoms with Gasteiger partial charge in [0.15, 0.2) is 0 Å². The van der Waals surface area contributed by atoms with Gasteiger partial charge in [0.05, 0.1) is 12.9 Å². The SMILES string of the molecule is COc1cc(C)n(CCNS(=O)(=O)Cc2cccc(C)c2)c(=O)c1. The molecule has 0 bridgehead atoms. The van der Waals surface area contributed by atoms with E-state index in [2.05, 4.69) is 4.72 Å². The summed E-state index contributed by atoms with van der Waals surface area (Å²) in [4.78, 5) is 12.0. The molecule has 0 aliphatic heterocycles. The second kappa shape index (κ2) is 7.63. The topological polar surface area (TPSA) is 77.4 Å². The van der Waals surface area contributed by atoms with Crippen molar-refractivity contribution in [2.45, 2.75) is 26.1 Å². The Hall–Kier alpha value is -2.12. The molecule has 0 saturated carbocycles. The van der Waals surface area contributed by atoms with Gasteiger partial charge < -0.3 is 9.30 Å². The van der Waals surface area contributed by atoms with Crippen molar-refractivity contribution in [1.82, 2.24) is 9.29 Å². The lowest BCUT2D eigenvalue weighted by Gasteiger charge is -2.12. The summed E-state index contributed by atoms with van der Waals surface area (Å²) in [5.41, 5.74) is 2.25. The first-order valence-electron chi connectivity index (χ1n) is 7.59. The van der Waals surface area contributed by atoms with Crippen LogP contribution in [0, 0.1) is 13.8 Å². The normalized spacial score (nSPS) is 11.5. The minimum absolute atomic E-state index is 0.0782. The third-order valence-electron chi connectivity index (χ3n) is 3.64. The first-order chi connectivity index (χ1) is 11.3. The van der Waals surface area contributed by atoms with Crippen LogP contribution in [0.1, 0.15) is 16.8 Å². The third-order valence-corrected chi connectivity index (χ3v) is 5.00. The van der Waals surface area contributed by atoms with Crippen molar-refractivity contribution in [1.29, 1.82) is 0 Å². The van der Waals surface area contributed by atoms with Crippen LogP contribution in [0.15, 0.2) is 41.2 Å². The van der Waals surface area contributed by atoms with Crippen LogP contribution in [0.4, 0.5) is 0 Å². The summed E-state index contributed by atoms with van der Waals surface area (Å²) in [6.45, 7) is 4.12. The maximum atomic E-state index is 12.2. The Bertz CT molecular complexity index is 872. The van der Waals surface area contributed by atoms with Crippen molar-refractivity contribution in [2.75, 3.05) is 13.7 Å². The van der Waals surface area contributed by atoms with Gasteiger partial charge in [-0.2, -0.15) is 0 Å². The highest BCUT2D eigenvalue weighted by Gasteiger charge is 2.12. The molecule has 0 saturated heterocycles. The lowest BCUT2D eigenvalue weighted by atomic mass is 10.2. The van der Waals surface area contributed by atoms with E-state index in [9.17, 15) is 13.2 Å². The summed E-state index contributed by atoms with van der Waals surface area (Å²) < 4.78 is 33.4. The van der Waals surface area contributed by atoms with Gasteiger partial charge >= 0.3 is 0 Å². The molecule has 1 aromatic heterocycles. The van der Waals surface area contributed by atoms with E-state index in [0.717, 1.165) is 16.8 Å². The molecular weight excluding hydrogens is 328 g/mol. The number of pyridine rings is 1. The van der Waals surface area contributed by atoms with Crippen molar-refractivity contribution in [2.24, 2.45) is 0 Å². The number of aryl methyl sites for hydroxylation is 2. The zero-order chi connectivity index (χ0) is 17.7. The number of hydrogen-bond acceptors (Lipinski definition) is 4. The van der Waals surface area contributed by atoms with E-state index in [1.807, 2.05) is 25.1 Å². The molecule has 0 fully saturated rings. The average Bonchev–Trinajstić information content (AvgIpc) is 2.49. The van der Waals surface area contributed by atoms with E-state index in [0.29, 0.717) is 5.75 Å². The summed E-state index contributed by atoms with van der Waals surface area (Å²) in [6, 6.07) is 10.5.